The van der Waals surface area contributed by atoms with Crippen molar-refractivity contribution in [2.24, 2.45) is 0 Å². The van der Waals surface area contributed by atoms with Crippen LogP contribution in [0.15, 0.2) is 22.7 Å². The van der Waals surface area contributed by atoms with Gasteiger partial charge in [0.2, 0.25) is 0 Å². The minimum Gasteiger partial charge on any atom is -0.375 e. The lowest BCUT2D eigenvalue weighted by Gasteiger charge is -2.12. The Bertz CT molecular complexity index is 260. The summed E-state index contributed by atoms with van der Waals surface area (Å²) in [6, 6.07) is 5.01. The van der Waals surface area contributed by atoms with Gasteiger partial charge >= 0.3 is 0 Å². The Hall–Kier alpha value is -0.570. The average Bonchev–Trinajstić information content (AvgIpc) is 1.85. The molecule has 0 fully saturated rings. The fourth-order valence-corrected chi connectivity index (χ4v) is 1.18. The first-order chi connectivity index (χ1) is 5.11. The maximum Gasteiger partial charge on any atom is 0.147 e. The van der Waals surface area contributed by atoms with E-state index in [9.17, 15) is 4.39 Å². The van der Waals surface area contributed by atoms with Crippen molar-refractivity contribution in [3.8, 4) is 0 Å². The van der Waals surface area contributed by atoms with Crippen molar-refractivity contribution < 1.29 is 4.39 Å². The van der Waals surface area contributed by atoms with E-state index >= 15 is 0 Å². The predicted molar refractivity (Wildman–Crippen MR) is 48.4 cm³/mol. The number of halogens is 2. The lowest BCUT2D eigenvalue weighted by Crippen LogP contribution is -2.10. The molecule has 0 aliphatic rings. The summed E-state index contributed by atoms with van der Waals surface area (Å²) >= 11 is 3.19. The second-order valence-electron chi connectivity index (χ2n) is 2.49. The summed E-state index contributed by atoms with van der Waals surface area (Å²) in [4.78, 5) is 1.74. The van der Waals surface area contributed by atoms with Gasteiger partial charge in [-0.1, -0.05) is 15.9 Å². The van der Waals surface area contributed by atoms with Crippen molar-refractivity contribution in [1.82, 2.24) is 0 Å². The van der Waals surface area contributed by atoms with Gasteiger partial charge in [0.05, 0.1) is 5.69 Å². The highest BCUT2D eigenvalue weighted by molar-refractivity contribution is 9.10. The highest BCUT2D eigenvalue weighted by atomic mass is 79.9. The molecule has 0 heterocycles. The molecule has 0 amide bonds. The largest absolute Gasteiger partial charge is 0.375 e. The third kappa shape index (κ3) is 1.93. The zero-order chi connectivity index (χ0) is 8.43. The van der Waals surface area contributed by atoms with Gasteiger partial charge in [-0.05, 0) is 18.2 Å². The summed E-state index contributed by atoms with van der Waals surface area (Å²) in [5.74, 6) is -0.204. The van der Waals surface area contributed by atoms with Crippen LogP contribution in [-0.2, 0) is 0 Å². The van der Waals surface area contributed by atoms with Crippen LogP contribution in [0.5, 0.6) is 0 Å². The molecule has 0 unspecified atom stereocenters. The molecule has 1 rings (SSSR count). The molecule has 0 N–H and O–H groups in total. The molecule has 0 aliphatic carbocycles. The van der Waals surface area contributed by atoms with Gasteiger partial charge in [0.25, 0.3) is 0 Å². The average molecular weight is 218 g/mol. The molecule has 0 aliphatic heterocycles. The third-order valence-corrected chi connectivity index (χ3v) is 1.88. The van der Waals surface area contributed by atoms with E-state index in [1.807, 2.05) is 20.2 Å². The second-order valence-corrected chi connectivity index (χ2v) is 3.41. The zero-order valence-electron chi connectivity index (χ0n) is 6.44. The van der Waals surface area contributed by atoms with Crippen molar-refractivity contribution in [2.75, 3.05) is 19.0 Å². The molecule has 0 saturated carbocycles. The molecular formula is C8H9BrFN. The van der Waals surface area contributed by atoms with Crippen molar-refractivity contribution >= 4 is 21.6 Å². The standard InChI is InChI=1S/C8H9BrFN/c1-11(2)8-4-3-6(9)5-7(8)10/h3-5H,1-2H3. The Balaban J connectivity index is 3.09. The van der Waals surface area contributed by atoms with Crippen LogP contribution in [0.1, 0.15) is 0 Å². The molecule has 0 atom stereocenters. The summed E-state index contributed by atoms with van der Waals surface area (Å²) in [6.07, 6.45) is 0. The number of anilines is 1. The van der Waals surface area contributed by atoms with Gasteiger partial charge in [0.1, 0.15) is 5.82 Å². The maximum absolute atomic E-state index is 13.0. The van der Waals surface area contributed by atoms with Crippen LogP contribution in [-0.4, -0.2) is 14.1 Å². The van der Waals surface area contributed by atoms with E-state index in [-0.39, 0.29) is 5.82 Å². The predicted octanol–water partition coefficient (Wildman–Crippen LogP) is 2.65. The van der Waals surface area contributed by atoms with E-state index in [0.29, 0.717) is 5.69 Å². The van der Waals surface area contributed by atoms with E-state index in [4.69, 9.17) is 0 Å². The summed E-state index contributed by atoms with van der Waals surface area (Å²) < 4.78 is 13.8. The first kappa shape index (κ1) is 8.53. The maximum atomic E-state index is 13.0. The zero-order valence-corrected chi connectivity index (χ0v) is 8.02. The van der Waals surface area contributed by atoms with Crippen LogP contribution in [0, 0.1) is 5.82 Å². The molecule has 60 valence electrons. The highest BCUT2D eigenvalue weighted by Crippen LogP contribution is 2.20. The SMILES string of the molecule is CN(C)c1ccc(Br)cc1F. The summed E-state index contributed by atoms with van der Waals surface area (Å²) in [5.41, 5.74) is 0.605. The molecule has 0 radical (unpaired) electrons. The minimum absolute atomic E-state index is 0.204. The number of hydrogen-bond donors (Lipinski definition) is 0. The summed E-state index contributed by atoms with van der Waals surface area (Å²) in [6.45, 7) is 0. The number of nitrogens with zero attached hydrogens (tertiary/aromatic N) is 1. The Morgan fingerprint density at radius 1 is 1.36 bits per heavy atom. The monoisotopic (exact) mass is 217 g/mol. The Labute approximate surface area is 74.0 Å². The Morgan fingerprint density at radius 2 is 2.00 bits per heavy atom. The first-order valence-corrected chi connectivity index (χ1v) is 4.03. The fourth-order valence-electron chi connectivity index (χ4n) is 0.844. The molecule has 11 heavy (non-hydrogen) atoms. The van der Waals surface area contributed by atoms with Crippen molar-refractivity contribution in [2.45, 2.75) is 0 Å². The smallest absolute Gasteiger partial charge is 0.147 e. The van der Waals surface area contributed by atoms with Gasteiger partial charge in [-0.2, -0.15) is 0 Å². The summed E-state index contributed by atoms with van der Waals surface area (Å²) in [7, 11) is 3.62. The third-order valence-electron chi connectivity index (χ3n) is 1.39. The lowest BCUT2D eigenvalue weighted by molar-refractivity contribution is 0.625. The molecular weight excluding hydrogens is 209 g/mol. The van der Waals surface area contributed by atoms with Crippen molar-refractivity contribution in [3.05, 3.63) is 28.5 Å². The van der Waals surface area contributed by atoms with Crippen molar-refractivity contribution in [3.63, 3.8) is 0 Å². The highest BCUT2D eigenvalue weighted by Gasteiger charge is 2.02. The lowest BCUT2D eigenvalue weighted by atomic mass is 10.3. The van der Waals surface area contributed by atoms with E-state index in [0.717, 1.165) is 4.47 Å². The first-order valence-electron chi connectivity index (χ1n) is 3.23. The van der Waals surface area contributed by atoms with Gasteiger partial charge in [-0.25, -0.2) is 4.39 Å². The molecule has 0 bridgehead atoms. The topological polar surface area (TPSA) is 3.24 Å². The van der Waals surface area contributed by atoms with Crippen LogP contribution in [0.3, 0.4) is 0 Å². The van der Waals surface area contributed by atoms with E-state index in [1.54, 1.807) is 11.0 Å². The summed E-state index contributed by atoms with van der Waals surface area (Å²) in [5, 5.41) is 0. The van der Waals surface area contributed by atoms with Gasteiger partial charge in [0.15, 0.2) is 0 Å². The van der Waals surface area contributed by atoms with Crippen LogP contribution in [0.4, 0.5) is 10.1 Å². The molecule has 3 heteroatoms. The quantitative estimate of drug-likeness (QED) is 0.700. The van der Waals surface area contributed by atoms with Crippen LogP contribution < -0.4 is 4.90 Å². The molecule has 0 saturated heterocycles. The van der Waals surface area contributed by atoms with E-state index in [2.05, 4.69) is 15.9 Å². The van der Waals surface area contributed by atoms with E-state index in [1.165, 1.54) is 6.07 Å². The fraction of sp³-hybridized carbons (Fsp3) is 0.250. The van der Waals surface area contributed by atoms with Crippen LogP contribution >= 0.6 is 15.9 Å². The molecule has 1 aromatic rings. The normalized spacial score (nSPS) is 9.82. The Morgan fingerprint density at radius 3 is 2.45 bits per heavy atom. The minimum atomic E-state index is -0.204. The van der Waals surface area contributed by atoms with E-state index < -0.39 is 0 Å². The van der Waals surface area contributed by atoms with Gasteiger partial charge in [-0.15, -0.1) is 0 Å². The number of rotatable bonds is 1. The van der Waals surface area contributed by atoms with Crippen molar-refractivity contribution in [1.29, 1.82) is 0 Å². The second kappa shape index (κ2) is 3.22. The molecule has 0 spiro atoms. The van der Waals surface area contributed by atoms with Gasteiger partial charge < -0.3 is 4.90 Å². The van der Waals surface area contributed by atoms with Gasteiger partial charge in [-0.3, -0.25) is 0 Å². The molecule has 1 aromatic carbocycles. The van der Waals surface area contributed by atoms with Crippen LogP contribution in [0.2, 0.25) is 0 Å². The Kier molecular flexibility index (Phi) is 2.49. The van der Waals surface area contributed by atoms with Gasteiger partial charge in [0, 0.05) is 18.6 Å². The number of hydrogen-bond acceptors (Lipinski definition) is 1. The molecule has 0 aromatic heterocycles. The van der Waals surface area contributed by atoms with Crippen LogP contribution in [0.25, 0.3) is 0 Å². The number of benzene rings is 1. The molecule has 1 nitrogen and oxygen atoms in total.